The van der Waals surface area contributed by atoms with Crippen LogP contribution in [0.5, 0.6) is 5.75 Å². The minimum absolute atomic E-state index is 0.359. The molecule has 0 spiro atoms. The second-order valence-electron chi connectivity index (χ2n) is 5.15. The molecule has 0 amide bonds. The average Bonchev–Trinajstić information content (AvgIpc) is 3.00. The number of nitrogens with one attached hydrogen (secondary N) is 2. The predicted octanol–water partition coefficient (Wildman–Crippen LogP) is 2.79. The molecule has 0 saturated heterocycles. The van der Waals surface area contributed by atoms with Crippen LogP contribution in [0.2, 0.25) is 0 Å². The zero-order chi connectivity index (χ0) is 15.2. The Morgan fingerprint density at radius 2 is 2.24 bits per heavy atom. The zero-order valence-electron chi connectivity index (χ0n) is 12.6. The second-order valence-corrected chi connectivity index (χ2v) is 6.51. The van der Waals surface area contributed by atoms with Gasteiger partial charge in [0.2, 0.25) is 0 Å². The minimum atomic E-state index is -1.23. The summed E-state index contributed by atoms with van der Waals surface area (Å²) in [4.78, 5) is 6.95. The number of hydrogen-bond donors (Lipinski definition) is 2. The number of H-pyrrole nitrogens is 1. The molecule has 2 aromatic rings. The van der Waals surface area contributed by atoms with Crippen LogP contribution in [-0.4, -0.2) is 28.2 Å². The molecule has 114 valence electrons. The molecule has 0 fully saturated rings. The summed E-state index contributed by atoms with van der Waals surface area (Å²) < 4.78 is 17.8. The van der Waals surface area contributed by atoms with E-state index < -0.39 is 11.2 Å². The van der Waals surface area contributed by atoms with Gasteiger partial charge < -0.3 is 19.6 Å². The number of rotatable bonds is 7. The van der Waals surface area contributed by atoms with E-state index >= 15 is 0 Å². The molecule has 0 saturated carbocycles. The van der Waals surface area contributed by atoms with E-state index in [0.717, 1.165) is 23.5 Å². The molecular formula is C15H21N3O2S. The van der Waals surface area contributed by atoms with Crippen molar-refractivity contribution in [3.8, 4) is 5.75 Å². The molecule has 1 heterocycles. The molecule has 0 aliphatic heterocycles. The van der Waals surface area contributed by atoms with Crippen LogP contribution in [0.4, 0.5) is 5.69 Å². The van der Waals surface area contributed by atoms with Gasteiger partial charge in [0.15, 0.2) is 0 Å². The lowest BCUT2D eigenvalue weighted by atomic mass is 10.1. The molecule has 1 aromatic heterocycles. The van der Waals surface area contributed by atoms with Crippen LogP contribution < -0.4 is 10.1 Å². The fraction of sp³-hybridized carbons (Fsp3) is 0.400. The maximum atomic E-state index is 12.4. The number of ether oxygens (including phenoxy) is 1. The number of benzene rings is 1. The number of aromatic amines is 1. The summed E-state index contributed by atoms with van der Waals surface area (Å²) in [6, 6.07) is 5.80. The first-order valence-electron chi connectivity index (χ1n) is 6.89. The van der Waals surface area contributed by atoms with Gasteiger partial charge in [0, 0.05) is 35.8 Å². The van der Waals surface area contributed by atoms with E-state index in [0.29, 0.717) is 16.8 Å². The molecule has 21 heavy (non-hydrogen) atoms. The monoisotopic (exact) mass is 307 g/mol. The predicted molar refractivity (Wildman–Crippen MR) is 85.0 cm³/mol. The number of hydrogen-bond acceptors (Lipinski definition) is 4. The number of imidazole rings is 1. The molecule has 0 aliphatic rings. The molecule has 1 atom stereocenters. The van der Waals surface area contributed by atoms with E-state index in [-0.39, 0.29) is 0 Å². The van der Waals surface area contributed by atoms with Gasteiger partial charge >= 0.3 is 5.16 Å². The van der Waals surface area contributed by atoms with E-state index in [1.54, 1.807) is 19.5 Å². The van der Waals surface area contributed by atoms with E-state index in [2.05, 4.69) is 29.1 Å². The molecule has 0 aliphatic carbocycles. The maximum Gasteiger partial charge on any atom is 0.320 e. The van der Waals surface area contributed by atoms with Crippen LogP contribution in [0.1, 0.15) is 19.4 Å². The Labute approximate surface area is 128 Å². The van der Waals surface area contributed by atoms with Crippen LogP contribution in [0.15, 0.2) is 35.7 Å². The third-order valence-corrected chi connectivity index (χ3v) is 4.22. The van der Waals surface area contributed by atoms with E-state index in [9.17, 15) is 4.55 Å². The highest BCUT2D eigenvalue weighted by Gasteiger charge is 2.20. The van der Waals surface area contributed by atoms with Crippen molar-refractivity contribution in [2.75, 3.05) is 19.0 Å². The Kier molecular flexibility index (Phi) is 5.52. The number of aromatic nitrogens is 2. The van der Waals surface area contributed by atoms with E-state index in [4.69, 9.17) is 4.74 Å². The fourth-order valence-corrected chi connectivity index (χ4v) is 3.03. The number of anilines is 1. The Morgan fingerprint density at radius 3 is 2.86 bits per heavy atom. The first kappa shape index (κ1) is 15.7. The molecule has 0 bridgehead atoms. The van der Waals surface area contributed by atoms with Crippen molar-refractivity contribution >= 4 is 16.9 Å². The Balaban J connectivity index is 2.22. The summed E-state index contributed by atoms with van der Waals surface area (Å²) in [6.07, 6.45) is 3.28. The van der Waals surface area contributed by atoms with Crippen molar-refractivity contribution in [2.24, 2.45) is 5.92 Å². The highest BCUT2D eigenvalue weighted by Crippen LogP contribution is 2.30. The first-order valence-corrected chi connectivity index (χ1v) is 8.21. The highest BCUT2D eigenvalue weighted by molar-refractivity contribution is 7.90. The number of methoxy groups -OCH3 is 1. The van der Waals surface area contributed by atoms with Crippen LogP contribution in [0.25, 0.3) is 0 Å². The van der Waals surface area contributed by atoms with Gasteiger partial charge in [-0.1, -0.05) is 19.9 Å². The van der Waals surface area contributed by atoms with Crippen molar-refractivity contribution in [2.45, 2.75) is 24.8 Å². The van der Waals surface area contributed by atoms with Crippen LogP contribution in [0, 0.1) is 5.92 Å². The third-order valence-electron chi connectivity index (χ3n) is 3.02. The largest absolute Gasteiger partial charge is 0.609 e. The normalized spacial score (nSPS) is 12.4. The lowest BCUT2D eigenvalue weighted by Crippen LogP contribution is -2.13. The van der Waals surface area contributed by atoms with Gasteiger partial charge in [0.25, 0.3) is 0 Å². The fourth-order valence-electron chi connectivity index (χ4n) is 1.96. The van der Waals surface area contributed by atoms with Gasteiger partial charge in [-0.25, -0.2) is 0 Å². The van der Waals surface area contributed by atoms with E-state index in [1.165, 1.54) is 0 Å². The summed E-state index contributed by atoms with van der Waals surface area (Å²) >= 11 is -1.23. The first-order chi connectivity index (χ1) is 10.1. The van der Waals surface area contributed by atoms with Crippen molar-refractivity contribution < 1.29 is 9.29 Å². The standard InChI is InChI=1S/C15H21N3O2S/c1-11(2)9-18-13-5-4-6-14(20-3)12(13)10-21(19)15-16-7-8-17-15/h4-8,11,18H,9-10H2,1-3H3,(H,16,17). The lowest BCUT2D eigenvalue weighted by molar-refractivity contribution is 0.411. The summed E-state index contributed by atoms with van der Waals surface area (Å²) in [5.41, 5.74) is 1.87. The van der Waals surface area contributed by atoms with Crippen molar-refractivity contribution in [1.82, 2.24) is 9.97 Å². The molecule has 0 radical (unpaired) electrons. The van der Waals surface area contributed by atoms with Gasteiger partial charge in [-0.3, -0.25) is 0 Å². The van der Waals surface area contributed by atoms with Crippen molar-refractivity contribution in [3.63, 3.8) is 0 Å². The molecular weight excluding hydrogens is 286 g/mol. The molecule has 5 nitrogen and oxygen atoms in total. The average molecular weight is 307 g/mol. The van der Waals surface area contributed by atoms with Crippen LogP contribution in [-0.2, 0) is 16.9 Å². The lowest BCUT2D eigenvalue weighted by Gasteiger charge is -2.17. The van der Waals surface area contributed by atoms with Crippen LogP contribution in [0.3, 0.4) is 0 Å². The Bertz CT molecular complexity index is 558. The SMILES string of the molecule is COc1cccc(NCC(C)C)c1C[S+]([O-])c1ncc[nH]1. The Hall–Kier alpha value is -1.66. The smallest absolute Gasteiger partial charge is 0.320 e. The topological polar surface area (TPSA) is 73.0 Å². The maximum absolute atomic E-state index is 12.4. The number of nitrogens with zero attached hydrogens (tertiary/aromatic N) is 1. The minimum Gasteiger partial charge on any atom is -0.609 e. The molecule has 2 N–H and O–H groups in total. The Morgan fingerprint density at radius 1 is 1.43 bits per heavy atom. The van der Waals surface area contributed by atoms with Crippen molar-refractivity contribution in [3.05, 3.63) is 36.2 Å². The van der Waals surface area contributed by atoms with Gasteiger partial charge in [-0.2, -0.15) is 4.98 Å². The van der Waals surface area contributed by atoms with E-state index in [1.807, 2.05) is 18.2 Å². The molecule has 1 unspecified atom stereocenters. The van der Waals surface area contributed by atoms with Gasteiger partial charge in [-0.05, 0) is 18.1 Å². The van der Waals surface area contributed by atoms with Crippen LogP contribution >= 0.6 is 0 Å². The third kappa shape index (κ3) is 4.15. The summed E-state index contributed by atoms with van der Waals surface area (Å²) in [6.45, 7) is 5.15. The molecule has 1 aromatic carbocycles. The second kappa shape index (κ2) is 7.38. The summed E-state index contributed by atoms with van der Waals surface area (Å²) in [5, 5.41) is 3.88. The van der Waals surface area contributed by atoms with Gasteiger partial charge in [0.05, 0.1) is 12.7 Å². The highest BCUT2D eigenvalue weighted by atomic mass is 32.2. The molecule has 6 heteroatoms. The van der Waals surface area contributed by atoms with Gasteiger partial charge in [-0.15, -0.1) is 0 Å². The summed E-state index contributed by atoms with van der Waals surface area (Å²) in [7, 11) is 1.63. The molecule has 2 rings (SSSR count). The van der Waals surface area contributed by atoms with Crippen molar-refractivity contribution in [1.29, 1.82) is 0 Å². The zero-order valence-corrected chi connectivity index (χ0v) is 13.4. The summed E-state index contributed by atoms with van der Waals surface area (Å²) in [5.74, 6) is 1.63. The quantitative estimate of drug-likeness (QED) is 0.772. The van der Waals surface area contributed by atoms with Gasteiger partial charge in [0.1, 0.15) is 11.5 Å².